The van der Waals surface area contributed by atoms with Crippen molar-refractivity contribution in [3.63, 3.8) is 0 Å². The van der Waals surface area contributed by atoms with Crippen molar-refractivity contribution >= 4 is 74.4 Å². The quantitative estimate of drug-likeness (QED) is 0.153. The number of fused-ring (bicyclic) bond motifs is 1. The Hall–Kier alpha value is -4.06. The van der Waals surface area contributed by atoms with Crippen LogP contribution in [0.15, 0.2) is 89.9 Å². The van der Waals surface area contributed by atoms with Crippen LogP contribution in [0.2, 0.25) is 10.0 Å². The number of benzene rings is 4. The van der Waals surface area contributed by atoms with Gasteiger partial charge in [0, 0.05) is 33.9 Å². The van der Waals surface area contributed by atoms with Crippen LogP contribution in [0.3, 0.4) is 0 Å². The predicted octanol–water partition coefficient (Wildman–Crippen LogP) is 7.40. The maximum Gasteiger partial charge on any atom is 0.341 e. The van der Waals surface area contributed by atoms with E-state index in [2.05, 4.69) is 5.32 Å². The van der Waals surface area contributed by atoms with E-state index in [-0.39, 0.29) is 29.7 Å². The molecule has 1 amide bonds. The Balaban J connectivity index is 1.39. The second-order valence-corrected chi connectivity index (χ2v) is 12.3. The van der Waals surface area contributed by atoms with Gasteiger partial charge in [-0.3, -0.25) is 14.4 Å². The molecular weight excluding hydrogens is 733 g/mol. The molecule has 7 nitrogen and oxygen atoms in total. The Bertz CT molecular complexity index is 2050. The molecule has 0 aliphatic carbocycles. The standard InChI is InChI=1S/C34H24Cl2FIN2O5/c1-18(39-33(43)22-8-10-23(27(37)14-22)20-5-3-2-4-6-20)29(41)15-21-9-12-28-30(31(21)38)32(42)24(34(44)45)17-40(28)16-19-7-11-25(35)26(36)13-19/h2-14,17-18H,15-16H2,1H3,(H,39,43)(H,44,45)/t18-/m0/s1. The second-order valence-electron chi connectivity index (χ2n) is 10.4. The molecule has 0 aliphatic rings. The summed E-state index contributed by atoms with van der Waals surface area (Å²) in [7, 11) is 0. The third-order valence-corrected chi connectivity index (χ3v) is 9.32. The zero-order chi connectivity index (χ0) is 32.4. The summed E-state index contributed by atoms with van der Waals surface area (Å²) in [4.78, 5) is 51.4. The van der Waals surface area contributed by atoms with E-state index in [1.807, 2.05) is 28.7 Å². The summed E-state index contributed by atoms with van der Waals surface area (Å²) in [5.74, 6) is -2.91. The van der Waals surface area contributed by atoms with E-state index in [4.69, 9.17) is 23.2 Å². The van der Waals surface area contributed by atoms with E-state index in [0.717, 1.165) is 11.6 Å². The van der Waals surface area contributed by atoms with Gasteiger partial charge in [0.05, 0.1) is 27.0 Å². The molecule has 0 spiro atoms. The minimum Gasteiger partial charge on any atom is -0.477 e. The first kappa shape index (κ1) is 32.3. The summed E-state index contributed by atoms with van der Waals surface area (Å²) >= 11 is 14.1. The Morgan fingerprint density at radius 2 is 1.71 bits per heavy atom. The SMILES string of the molecule is C[C@H](NC(=O)c1ccc(-c2ccccc2)c(F)c1)C(=O)Cc1ccc2c(c1I)c(=O)c(C(=O)O)cn2Cc1ccc(Cl)c(Cl)c1. The third kappa shape index (κ3) is 6.95. The van der Waals surface area contributed by atoms with Crippen molar-refractivity contribution in [2.75, 3.05) is 0 Å². The Morgan fingerprint density at radius 1 is 0.978 bits per heavy atom. The fourth-order valence-electron chi connectivity index (χ4n) is 4.95. The van der Waals surface area contributed by atoms with Crippen molar-refractivity contribution in [1.29, 1.82) is 0 Å². The molecule has 5 rings (SSSR count). The second kappa shape index (κ2) is 13.5. The van der Waals surface area contributed by atoms with Gasteiger partial charge in [0.15, 0.2) is 5.78 Å². The number of aromatic nitrogens is 1. The molecule has 1 atom stereocenters. The molecule has 1 aromatic heterocycles. The number of halogens is 4. The number of pyridine rings is 1. The number of nitrogens with zero attached hydrogens (tertiary/aromatic N) is 1. The molecule has 0 saturated heterocycles. The van der Waals surface area contributed by atoms with Gasteiger partial charge in [-0.2, -0.15) is 0 Å². The highest BCUT2D eigenvalue weighted by molar-refractivity contribution is 14.1. The minimum atomic E-state index is -1.38. The first-order valence-electron chi connectivity index (χ1n) is 13.6. The van der Waals surface area contributed by atoms with Crippen LogP contribution in [0.4, 0.5) is 4.39 Å². The van der Waals surface area contributed by atoms with Crippen LogP contribution >= 0.6 is 45.8 Å². The van der Waals surface area contributed by atoms with Gasteiger partial charge >= 0.3 is 5.97 Å². The molecule has 5 aromatic rings. The van der Waals surface area contributed by atoms with Gasteiger partial charge < -0.3 is 15.0 Å². The van der Waals surface area contributed by atoms with E-state index < -0.39 is 34.7 Å². The molecule has 1 heterocycles. The van der Waals surface area contributed by atoms with Gasteiger partial charge in [0.25, 0.3) is 5.91 Å². The van der Waals surface area contributed by atoms with Gasteiger partial charge in [0.2, 0.25) is 5.43 Å². The number of Topliss-reactive ketones (excluding diaryl/α,β-unsaturated/α-hetero) is 1. The van der Waals surface area contributed by atoms with Gasteiger partial charge in [-0.05, 0) is 76.5 Å². The van der Waals surface area contributed by atoms with Crippen molar-refractivity contribution in [3.8, 4) is 11.1 Å². The zero-order valence-electron chi connectivity index (χ0n) is 23.6. The smallest absolute Gasteiger partial charge is 0.341 e. The molecule has 0 fully saturated rings. The molecule has 228 valence electrons. The number of amides is 1. The molecule has 0 radical (unpaired) electrons. The largest absolute Gasteiger partial charge is 0.477 e. The fourth-order valence-corrected chi connectivity index (χ4v) is 6.16. The average molecular weight is 757 g/mol. The zero-order valence-corrected chi connectivity index (χ0v) is 27.3. The van der Waals surface area contributed by atoms with Crippen LogP contribution in [0.5, 0.6) is 0 Å². The van der Waals surface area contributed by atoms with E-state index in [1.54, 1.807) is 59.2 Å². The van der Waals surface area contributed by atoms with Crippen LogP contribution in [-0.4, -0.2) is 33.4 Å². The lowest BCUT2D eigenvalue weighted by Gasteiger charge is -2.17. The van der Waals surface area contributed by atoms with Crippen LogP contribution in [0.1, 0.15) is 38.8 Å². The Kier molecular flexibility index (Phi) is 9.71. The normalized spacial score (nSPS) is 11.8. The molecule has 45 heavy (non-hydrogen) atoms. The molecule has 0 aliphatic heterocycles. The fraction of sp³-hybridized carbons (Fsp3) is 0.118. The summed E-state index contributed by atoms with van der Waals surface area (Å²) in [5, 5.41) is 13.3. The summed E-state index contributed by atoms with van der Waals surface area (Å²) in [6.45, 7) is 1.73. The number of carboxylic acid groups (broad SMARTS) is 1. The highest BCUT2D eigenvalue weighted by Crippen LogP contribution is 2.27. The van der Waals surface area contributed by atoms with Crippen LogP contribution < -0.4 is 10.7 Å². The highest BCUT2D eigenvalue weighted by atomic mass is 127. The maximum atomic E-state index is 14.8. The number of ketones is 1. The van der Waals surface area contributed by atoms with Crippen molar-refractivity contribution in [3.05, 3.63) is 137 Å². The van der Waals surface area contributed by atoms with Crippen LogP contribution in [-0.2, 0) is 17.8 Å². The number of rotatable bonds is 9. The third-order valence-electron chi connectivity index (χ3n) is 7.34. The molecule has 2 N–H and O–H groups in total. The number of carbonyl (C=O) groups excluding carboxylic acids is 2. The predicted molar refractivity (Wildman–Crippen MR) is 181 cm³/mol. The molecule has 0 unspecified atom stereocenters. The average Bonchev–Trinajstić information content (AvgIpc) is 3.01. The van der Waals surface area contributed by atoms with Crippen molar-refractivity contribution < 1.29 is 23.9 Å². The van der Waals surface area contributed by atoms with E-state index in [9.17, 15) is 28.7 Å². The molecule has 0 saturated carbocycles. The minimum absolute atomic E-state index is 0.0656. The van der Waals surface area contributed by atoms with Gasteiger partial charge in [0.1, 0.15) is 11.4 Å². The Morgan fingerprint density at radius 3 is 2.38 bits per heavy atom. The lowest BCUT2D eigenvalue weighted by molar-refractivity contribution is -0.119. The van der Waals surface area contributed by atoms with Gasteiger partial charge in [-0.25, -0.2) is 9.18 Å². The molecular formula is C34H24Cl2FIN2O5. The topological polar surface area (TPSA) is 105 Å². The summed E-state index contributed by atoms with van der Waals surface area (Å²) in [6, 6.07) is 20.5. The first-order valence-corrected chi connectivity index (χ1v) is 15.5. The first-order chi connectivity index (χ1) is 21.4. The van der Waals surface area contributed by atoms with E-state index in [0.29, 0.717) is 35.8 Å². The maximum absolute atomic E-state index is 14.8. The number of hydrogen-bond donors (Lipinski definition) is 2. The number of aromatic carboxylic acids is 1. The van der Waals surface area contributed by atoms with Gasteiger partial charge in [-0.1, -0.05) is 71.7 Å². The highest BCUT2D eigenvalue weighted by Gasteiger charge is 2.22. The lowest BCUT2D eigenvalue weighted by atomic mass is 10.0. The van der Waals surface area contributed by atoms with Gasteiger partial charge in [-0.15, -0.1) is 0 Å². The summed E-state index contributed by atoms with van der Waals surface area (Å²) in [6.07, 6.45) is 1.14. The number of nitrogens with one attached hydrogen (secondary N) is 1. The van der Waals surface area contributed by atoms with E-state index in [1.165, 1.54) is 25.3 Å². The monoisotopic (exact) mass is 756 g/mol. The van der Waals surface area contributed by atoms with Crippen molar-refractivity contribution in [1.82, 2.24) is 9.88 Å². The summed E-state index contributed by atoms with van der Waals surface area (Å²) in [5.41, 5.74) is 1.69. The van der Waals surface area contributed by atoms with Crippen LogP contribution in [0.25, 0.3) is 22.0 Å². The number of carboxylic acids is 1. The van der Waals surface area contributed by atoms with E-state index >= 15 is 0 Å². The number of hydrogen-bond acceptors (Lipinski definition) is 4. The van der Waals surface area contributed by atoms with Crippen LogP contribution in [0, 0.1) is 9.39 Å². The van der Waals surface area contributed by atoms with Crippen molar-refractivity contribution in [2.45, 2.75) is 25.9 Å². The summed E-state index contributed by atoms with van der Waals surface area (Å²) < 4.78 is 16.9. The Labute approximate surface area is 280 Å². The molecule has 0 bridgehead atoms. The number of carbonyl (C=O) groups is 3. The lowest BCUT2D eigenvalue weighted by Crippen LogP contribution is -2.39. The molecule has 4 aromatic carbocycles. The van der Waals surface area contributed by atoms with Crippen molar-refractivity contribution in [2.24, 2.45) is 0 Å². The molecule has 11 heteroatoms.